The Balaban J connectivity index is 2.19. The highest BCUT2D eigenvalue weighted by Gasteiger charge is 2.10. The van der Waals surface area contributed by atoms with Crippen LogP contribution < -0.4 is 0 Å². The first-order chi connectivity index (χ1) is 9.25. The van der Waals surface area contributed by atoms with Crippen LogP contribution in [0.25, 0.3) is 6.08 Å². The number of rotatable bonds is 4. The maximum absolute atomic E-state index is 11.2. The summed E-state index contributed by atoms with van der Waals surface area (Å²) in [6, 6.07) is 19.6. The molecule has 2 rings (SSSR count). The molecule has 0 saturated carbocycles. The second-order valence-corrected chi connectivity index (χ2v) is 4.21. The summed E-state index contributed by atoms with van der Waals surface area (Å²) >= 11 is 0. The molecule has 0 N–H and O–H groups in total. The molecule has 0 unspecified atom stereocenters. The lowest BCUT2D eigenvalue weighted by atomic mass is 10.1. The van der Waals surface area contributed by atoms with Crippen LogP contribution in [0.4, 0.5) is 0 Å². The van der Waals surface area contributed by atoms with Crippen molar-refractivity contribution in [1.82, 2.24) is 0 Å². The highest BCUT2D eigenvalue weighted by Crippen LogP contribution is 2.20. The lowest BCUT2D eigenvalue weighted by molar-refractivity contribution is -0.144. The number of carbonyl (C=O) groups excluding carboxylic acids is 1. The Kier molecular flexibility index (Phi) is 4.51. The second kappa shape index (κ2) is 6.55. The van der Waals surface area contributed by atoms with Crippen molar-refractivity contribution in [2.75, 3.05) is 0 Å². The molecule has 0 radical (unpaired) electrons. The van der Waals surface area contributed by atoms with E-state index < -0.39 is 0 Å². The van der Waals surface area contributed by atoms with Gasteiger partial charge in [0.2, 0.25) is 0 Å². The second-order valence-electron chi connectivity index (χ2n) is 4.21. The Morgan fingerprint density at radius 1 is 1.00 bits per heavy atom. The van der Waals surface area contributed by atoms with Crippen LogP contribution in [0.1, 0.15) is 24.2 Å². The van der Waals surface area contributed by atoms with Gasteiger partial charge in [0.1, 0.15) is 6.10 Å². The molecule has 0 amide bonds. The predicted molar refractivity (Wildman–Crippen MR) is 76.4 cm³/mol. The third kappa shape index (κ3) is 4.11. The maximum Gasteiger partial charge on any atom is 0.303 e. The van der Waals surface area contributed by atoms with Gasteiger partial charge in [-0.3, -0.25) is 4.79 Å². The fourth-order valence-corrected chi connectivity index (χ4v) is 1.80. The summed E-state index contributed by atoms with van der Waals surface area (Å²) < 4.78 is 5.33. The van der Waals surface area contributed by atoms with Crippen molar-refractivity contribution in [1.29, 1.82) is 0 Å². The van der Waals surface area contributed by atoms with E-state index in [0.717, 1.165) is 11.1 Å². The minimum absolute atomic E-state index is 0.286. The molecule has 0 aromatic heterocycles. The number of ether oxygens (including phenoxy) is 1. The van der Waals surface area contributed by atoms with Crippen molar-refractivity contribution in [2.45, 2.75) is 13.0 Å². The molecular weight excluding hydrogens is 236 g/mol. The summed E-state index contributed by atoms with van der Waals surface area (Å²) in [6.07, 6.45) is 3.51. The summed E-state index contributed by atoms with van der Waals surface area (Å²) in [7, 11) is 0. The molecule has 0 heterocycles. The quantitative estimate of drug-likeness (QED) is 0.769. The van der Waals surface area contributed by atoms with Gasteiger partial charge < -0.3 is 4.74 Å². The Morgan fingerprint density at radius 2 is 1.58 bits per heavy atom. The zero-order valence-electron chi connectivity index (χ0n) is 10.8. The van der Waals surface area contributed by atoms with E-state index in [1.54, 1.807) is 0 Å². The van der Waals surface area contributed by atoms with Crippen LogP contribution in [-0.4, -0.2) is 5.97 Å². The van der Waals surface area contributed by atoms with E-state index in [1.807, 2.05) is 72.8 Å². The standard InChI is InChI=1S/C17H16O2/c1-14(18)19-17(16-10-6-3-7-11-16)13-12-15-8-4-2-5-9-15/h2-13,17H,1H3/b13-12+/t17-/m0/s1. The maximum atomic E-state index is 11.2. The van der Waals surface area contributed by atoms with Gasteiger partial charge in [0.25, 0.3) is 0 Å². The molecule has 2 heteroatoms. The smallest absolute Gasteiger partial charge is 0.303 e. The summed E-state index contributed by atoms with van der Waals surface area (Å²) in [5.41, 5.74) is 2.04. The highest BCUT2D eigenvalue weighted by atomic mass is 16.5. The van der Waals surface area contributed by atoms with Gasteiger partial charge in [-0.15, -0.1) is 0 Å². The molecule has 2 aromatic rings. The van der Waals surface area contributed by atoms with Crippen LogP contribution in [0, 0.1) is 0 Å². The van der Waals surface area contributed by atoms with Gasteiger partial charge in [-0.1, -0.05) is 66.7 Å². The van der Waals surface area contributed by atoms with Gasteiger partial charge in [-0.2, -0.15) is 0 Å². The minimum atomic E-state index is -0.348. The number of esters is 1. The van der Waals surface area contributed by atoms with E-state index in [0.29, 0.717) is 0 Å². The molecule has 0 saturated heterocycles. The SMILES string of the molecule is CC(=O)O[C@@H](/C=C/c1ccccc1)c1ccccc1. The lowest BCUT2D eigenvalue weighted by Gasteiger charge is -2.13. The summed E-state index contributed by atoms with van der Waals surface area (Å²) in [4.78, 5) is 11.2. The molecule has 0 fully saturated rings. The third-order valence-corrected chi connectivity index (χ3v) is 2.68. The van der Waals surface area contributed by atoms with Crippen molar-refractivity contribution in [3.8, 4) is 0 Å². The first kappa shape index (κ1) is 13.1. The predicted octanol–water partition coefficient (Wildman–Crippen LogP) is 4.00. The van der Waals surface area contributed by atoms with Crippen LogP contribution in [0.5, 0.6) is 0 Å². The van der Waals surface area contributed by atoms with Crippen LogP contribution in [0.3, 0.4) is 0 Å². The van der Waals surface area contributed by atoms with Crippen LogP contribution >= 0.6 is 0 Å². The van der Waals surface area contributed by atoms with Crippen LogP contribution in [0.2, 0.25) is 0 Å². The summed E-state index contributed by atoms with van der Waals surface area (Å²) in [5, 5.41) is 0. The monoisotopic (exact) mass is 252 g/mol. The molecule has 2 nitrogen and oxygen atoms in total. The minimum Gasteiger partial charge on any atom is -0.453 e. The highest BCUT2D eigenvalue weighted by molar-refractivity contribution is 5.67. The molecule has 0 bridgehead atoms. The Labute approximate surface area is 113 Å². The van der Waals surface area contributed by atoms with E-state index >= 15 is 0 Å². The van der Waals surface area contributed by atoms with E-state index in [4.69, 9.17) is 4.74 Å². The topological polar surface area (TPSA) is 26.3 Å². The van der Waals surface area contributed by atoms with Gasteiger partial charge in [0.05, 0.1) is 0 Å². The van der Waals surface area contributed by atoms with Gasteiger partial charge in [-0.25, -0.2) is 0 Å². The Hall–Kier alpha value is -2.35. The average molecular weight is 252 g/mol. The molecule has 19 heavy (non-hydrogen) atoms. The van der Waals surface area contributed by atoms with Crippen molar-refractivity contribution < 1.29 is 9.53 Å². The molecule has 0 aliphatic heterocycles. The molecule has 1 atom stereocenters. The van der Waals surface area contributed by atoms with Gasteiger partial charge >= 0.3 is 5.97 Å². The number of hydrogen-bond acceptors (Lipinski definition) is 2. The zero-order chi connectivity index (χ0) is 13.5. The van der Waals surface area contributed by atoms with Crippen molar-refractivity contribution in [3.63, 3.8) is 0 Å². The first-order valence-electron chi connectivity index (χ1n) is 6.21. The molecule has 0 spiro atoms. The number of benzene rings is 2. The van der Waals surface area contributed by atoms with Crippen LogP contribution in [-0.2, 0) is 9.53 Å². The Morgan fingerprint density at radius 3 is 2.16 bits per heavy atom. The molecule has 0 aliphatic carbocycles. The average Bonchev–Trinajstić information content (AvgIpc) is 2.45. The van der Waals surface area contributed by atoms with E-state index in [9.17, 15) is 4.79 Å². The van der Waals surface area contributed by atoms with Crippen LogP contribution in [0.15, 0.2) is 66.7 Å². The molecule has 2 aromatic carbocycles. The fourth-order valence-electron chi connectivity index (χ4n) is 1.80. The number of hydrogen-bond donors (Lipinski definition) is 0. The Bertz CT molecular complexity index is 544. The van der Waals surface area contributed by atoms with Gasteiger partial charge in [0.15, 0.2) is 0 Å². The fraction of sp³-hybridized carbons (Fsp3) is 0.118. The lowest BCUT2D eigenvalue weighted by Crippen LogP contribution is -2.05. The largest absolute Gasteiger partial charge is 0.453 e. The van der Waals surface area contributed by atoms with Gasteiger partial charge in [0, 0.05) is 6.92 Å². The molecular formula is C17H16O2. The van der Waals surface area contributed by atoms with E-state index in [-0.39, 0.29) is 12.1 Å². The van der Waals surface area contributed by atoms with Crippen molar-refractivity contribution in [3.05, 3.63) is 77.9 Å². The van der Waals surface area contributed by atoms with Crippen molar-refractivity contribution in [2.24, 2.45) is 0 Å². The molecule has 0 aliphatic rings. The summed E-state index contributed by atoms with van der Waals surface area (Å²) in [6.45, 7) is 1.42. The first-order valence-corrected chi connectivity index (χ1v) is 6.21. The third-order valence-electron chi connectivity index (χ3n) is 2.68. The van der Waals surface area contributed by atoms with E-state index in [2.05, 4.69) is 0 Å². The normalized spacial score (nSPS) is 12.3. The zero-order valence-corrected chi connectivity index (χ0v) is 10.8. The summed E-state index contributed by atoms with van der Waals surface area (Å²) in [5.74, 6) is -0.286. The van der Waals surface area contributed by atoms with E-state index in [1.165, 1.54) is 6.92 Å². The number of carbonyl (C=O) groups is 1. The van der Waals surface area contributed by atoms with Gasteiger partial charge in [-0.05, 0) is 17.2 Å². The molecule has 96 valence electrons. The van der Waals surface area contributed by atoms with Crippen molar-refractivity contribution >= 4 is 12.0 Å².